The van der Waals surface area contributed by atoms with Crippen molar-refractivity contribution in [2.45, 2.75) is 102 Å². The van der Waals surface area contributed by atoms with Gasteiger partial charge in [-0.3, -0.25) is 0 Å². The fraction of sp³-hybridized carbons (Fsp3) is 0.538. The summed E-state index contributed by atoms with van der Waals surface area (Å²) < 4.78 is 12.4. The van der Waals surface area contributed by atoms with Crippen LogP contribution in [-0.2, 0) is 13.0 Å². The number of ether oxygens (including phenoxy) is 2. The van der Waals surface area contributed by atoms with E-state index in [1.54, 1.807) is 0 Å². The van der Waals surface area contributed by atoms with Crippen LogP contribution >= 0.6 is 0 Å². The number of hydrogen-bond acceptors (Lipinski definition) is 4. The Kier molecular flexibility index (Phi) is 7.80. The molecule has 3 fully saturated rings. The van der Waals surface area contributed by atoms with Crippen molar-refractivity contribution < 1.29 is 19.7 Å². The molecule has 3 aromatic carbocycles. The predicted molar refractivity (Wildman–Crippen MR) is 171 cm³/mol. The van der Waals surface area contributed by atoms with Crippen LogP contribution in [0.15, 0.2) is 72.8 Å². The molecule has 4 aliphatic carbocycles. The van der Waals surface area contributed by atoms with Crippen LogP contribution in [0.3, 0.4) is 0 Å². The zero-order chi connectivity index (χ0) is 29.5. The number of benzene rings is 3. The Balaban J connectivity index is 1.16. The van der Waals surface area contributed by atoms with E-state index >= 15 is 0 Å². The van der Waals surface area contributed by atoms with Crippen LogP contribution in [-0.4, -0.2) is 29.0 Å². The maximum absolute atomic E-state index is 12.0. The minimum absolute atomic E-state index is 0.0359. The lowest BCUT2D eigenvalue weighted by Crippen LogP contribution is -2.54. The molecule has 0 heterocycles. The Morgan fingerprint density at radius 2 is 1.56 bits per heavy atom. The highest BCUT2D eigenvalue weighted by molar-refractivity contribution is 5.46. The van der Waals surface area contributed by atoms with E-state index in [0.717, 1.165) is 62.9 Å². The Hall–Kier alpha value is -2.82. The minimum Gasteiger partial charge on any atom is -0.494 e. The Morgan fingerprint density at radius 1 is 0.814 bits per heavy atom. The van der Waals surface area contributed by atoms with Crippen molar-refractivity contribution in [2.75, 3.05) is 13.2 Å². The highest BCUT2D eigenvalue weighted by Gasteiger charge is 2.74. The van der Waals surface area contributed by atoms with E-state index in [9.17, 15) is 5.11 Å². The first-order chi connectivity index (χ1) is 21.0. The van der Waals surface area contributed by atoms with Gasteiger partial charge in [-0.15, -0.1) is 0 Å². The molecule has 3 aromatic rings. The summed E-state index contributed by atoms with van der Waals surface area (Å²) in [6.07, 6.45) is 11.6. The van der Waals surface area contributed by atoms with Gasteiger partial charge in [-0.25, -0.2) is 0 Å². The van der Waals surface area contributed by atoms with Crippen molar-refractivity contribution in [1.29, 1.82) is 0 Å². The summed E-state index contributed by atoms with van der Waals surface area (Å²) >= 11 is 0. The summed E-state index contributed by atoms with van der Waals surface area (Å²) in [6.45, 7) is 4.02. The topological polar surface area (TPSA) is 58.9 Å². The van der Waals surface area contributed by atoms with Crippen molar-refractivity contribution in [2.24, 2.45) is 16.7 Å². The standard InChI is InChI=1S/C39H48O4/c1-37-26-34(29-11-14-31(15-12-29)42-24-8-3-2-7-23-40)36-33-17-16-32(43-27-28-9-5-4-6-10-28)25-30(33)13-18-35(36)38(37)19-21-39(37,41)22-20-38/h4-6,9-12,14-17,25,34-36,40-41H,2-3,7-8,13,18-24,26-27H2,1H3/t34-,35-,36+,37+,38?,39?/m1/s1. The van der Waals surface area contributed by atoms with E-state index in [0.29, 0.717) is 31.0 Å². The minimum atomic E-state index is -0.523. The van der Waals surface area contributed by atoms with Gasteiger partial charge in [0.15, 0.2) is 0 Å². The van der Waals surface area contributed by atoms with Crippen molar-refractivity contribution in [1.82, 2.24) is 0 Å². The first-order valence-corrected chi connectivity index (χ1v) is 16.8. The normalized spacial score (nSPS) is 32.1. The summed E-state index contributed by atoms with van der Waals surface area (Å²) in [5.41, 5.74) is 5.21. The summed E-state index contributed by atoms with van der Waals surface area (Å²) in [7, 11) is 0. The molecule has 4 nitrogen and oxygen atoms in total. The van der Waals surface area contributed by atoms with Crippen LogP contribution in [0.5, 0.6) is 11.5 Å². The lowest BCUT2D eigenvalue weighted by Gasteiger charge is -2.59. The van der Waals surface area contributed by atoms with Crippen LogP contribution in [0.4, 0.5) is 0 Å². The van der Waals surface area contributed by atoms with Crippen LogP contribution in [0, 0.1) is 16.7 Å². The fourth-order valence-corrected chi connectivity index (χ4v) is 10.1. The van der Waals surface area contributed by atoms with E-state index in [4.69, 9.17) is 14.6 Å². The molecule has 0 aliphatic heterocycles. The summed E-state index contributed by atoms with van der Waals surface area (Å²) in [5.74, 6) is 3.31. The number of hydrogen-bond donors (Lipinski definition) is 2. The average molecular weight is 581 g/mol. The summed E-state index contributed by atoms with van der Waals surface area (Å²) in [6, 6.07) is 26.2. The number of unbranched alkanes of at least 4 members (excludes halogenated alkanes) is 3. The molecule has 0 aromatic heterocycles. The number of fused-ring (bicyclic) bond motifs is 3. The highest BCUT2D eigenvalue weighted by atomic mass is 16.5. The second-order valence-corrected chi connectivity index (χ2v) is 14.2. The molecule has 3 saturated carbocycles. The van der Waals surface area contributed by atoms with Crippen LogP contribution in [0.2, 0.25) is 0 Å². The highest BCUT2D eigenvalue weighted by Crippen LogP contribution is 2.79. The Labute approximate surface area is 257 Å². The van der Waals surface area contributed by atoms with E-state index in [1.807, 2.05) is 6.07 Å². The molecular formula is C39H48O4. The molecule has 0 saturated heterocycles. The molecule has 4 heteroatoms. The van der Waals surface area contributed by atoms with Gasteiger partial charge in [0, 0.05) is 12.0 Å². The van der Waals surface area contributed by atoms with Crippen molar-refractivity contribution in [3.05, 3.63) is 95.1 Å². The molecule has 2 N–H and O–H groups in total. The van der Waals surface area contributed by atoms with Gasteiger partial charge in [0.2, 0.25) is 0 Å². The van der Waals surface area contributed by atoms with Gasteiger partial charge in [0.25, 0.3) is 0 Å². The van der Waals surface area contributed by atoms with Gasteiger partial charge in [-0.05, 0) is 134 Å². The lowest BCUT2D eigenvalue weighted by atomic mass is 9.45. The maximum atomic E-state index is 12.0. The molecule has 0 radical (unpaired) electrons. The predicted octanol–water partition coefficient (Wildman–Crippen LogP) is 8.34. The monoisotopic (exact) mass is 580 g/mol. The van der Waals surface area contributed by atoms with Crippen LogP contribution in [0.1, 0.15) is 105 Å². The van der Waals surface area contributed by atoms with Gasteiger partial charge >= 0.3 is 0 Å². The largest absolute Gasteiger partial charge is 0.494 e. The molecule has 2 bridgehead atoms. The smallest absolute Gasteiger partial charge is 0.120 e. The first-order valence-electron chi connectivity index (χ1n) is 16.8. The lowest BCUT2D eigenvalue weighted by molar-refractivity contribution is -0.108. The third-order valence-electron chi connectivity index (χ3n) is 12.4. The average Bonchev–Trinajstić information content (AvgIpc) is 3.41. The number of aliphatic hydroxyl groups excluding tert-OH is 1. The van der Waals surface area contributed by atoms with Gasteiger partial charge in [0.05, 0.1) is 12.2 Å². The van der Waals surface area contributed by atoms with Crippen molar-refractivity contribution in [3.8, 4) is 11.5 Å². The third kappa shape index (κ3) is 4.90. The van der Waals surface area contributed by atoms with Crippen LogP contribution < -0.4 is 9.47 Å². The van der Waals surface area contributed by atoms with E-state index in [1.165, 1.54) is 41.5 Å². The first kappa shape index (κ1) is 28.9. The summed E-state index contributed by atoms with van der Waals surface area (Å²) in [4.78, 5) is 0. The van der Waals surface area contributed by atoms with Crippen molar-refractivity contribution >= 4 is 0 Å². The summed E-state index contributed by atoms with van der Waals surface area (Å²) in [5, 5.41) is 21.0. The van der Waals surface area contributed by atoms with E-state index < -0.39 is 5.60 Å². The molecule has 4 aliphatic rings. The quantitative estimate of drug-likeness (QED) is 0.224. The zero-order valence-corrected chi connectivity index (χ0v) is 25.8. The molecule has 0 unspecified atom stereocenters. The van der Waals surface area contributed by atoms with Gasteiger partial charge in [-0.2, -0.15) is 0 Å². The van der Waals surface area contributed by atoms with Crippen molar-refractivity contribution in [3.63, 3.8) is 0 Å². The molecule has 0 spiro atoms. The van der Waals surface area contributed by atoms with E-state index in [-0.39, 0.29) is 17.4 Å². The van der Waals surface area contributed by atoms with Gasteiger partial charge in [-0.1, -0.05) is 61.9 Å². The molecule has 4 atom stereocenters. The zero-order valence-electron chi connectivity index (χ0n) is 25.8. The molecule has 228 valence electrons. The maximum Gasteiger partial charge on any atom is 0.120 e. The molecule has 43 heavy (non-hydrogen) atoms. The molecule has 0 amide bonds. The number of aryl methyl sites for hydroxylation is 1. The fourth-order valence-electron chi connectivity index (χ4n) is 10.1. The second-order valence-electron chi connectivity index (χ2n) is 14.2. The van der Waals surface area contributed by atoms with Crippen LogP contribution in [0.25, 0.3) is 0 Å². The molecule has 7 rings (SSSR count). The second kappa shape index (κ2) is 11.6. The number of rotatable bonds is 11. The van der Waals surface area contributed by atoms with Gasteiger partial charge < -0.3 is 19.7 Å². The molecular weight excluding hydrogens is 532 g/mol. The third-order valence-corrected chi connectivity index (χ3v) is 12.4. The Morgan fingerprint density at radius 3 is 2.33 bits per heavy atom. The SMILES string of the molecule is C[C@]12C[C@H](c3ccc(OCCCCCCO)cc3)[C@@H]3c4ccc(OCc5ccccc5)cc4CC[C@H]3C13CCC2(O)CC3. The van der Waals surface area contributed by atoms with Gasteiger partial charge in [0.1, 0.15) is 18.1 Å². The van der Waals surface area contributed by atoms with E-state index in [2.05, 4.69) is 73.7 Å². The number of aliphatic hydroxyl groups is 2. The Bertz CT molecular complexity index is 1390.